The van der Waals surface area contributed by atoms with Gasteiger partial charge in [0.1, 0.15) is 5.69 Å². The fourth-order valence-corrected chi connectivity index (χ4v) is 4.36. The van der Waals surface area contributed by atoms with Gasteiger partial charge in [0, 0.05) is 25.7 Å². The number of nitro groups is 1. The van der Waals surface area contributed by atoms with E-state index in [0.29, 0.717) is 13.1 Å². The molecule has 1 aliphatic rings. The van der Waals surface area contributed by atoms with Crippen molar-refractivity contribution >= 4 is 21.4 Å². The summed E-state index contributed by atoms with van der Waals surface area (Å²) in [6.07, 6.45) is 1.97. The van der Waals surface area contributed by atoms with E-state index in [2.05, 4.69) is 5.32 Å². The molecule has 1 fully saturated rings. The number of hydrogen-bond acceptors (Lipinski definition) is 6. The molecule has 0 saturated carbocycles. The van der Waals surface area contributed by atoms with E-state index in [4.69, 9.17) is 5.26 Å². The topological polar surface area (TPSA) is 116 Å². The van der Waals surface area contributed by atoms with Crippen molar-refractivity contribution in [1.29, 1.82) is 5.26 Å². The van der Waals surface area contributed by atoms with E-state index in [9.17, 15) is 18.5 Å². The first-order valence-corrected chi connectivity index (χ1v) is 9.19. The van der Waals surface area contributed by atoms with E-state index in [0.717, 1.165) is 18.9 Å². The second-order valence-corrected chi connectivity index (χ2v) is 7.82. The third-order valence-corrected chi connectivity index (χ3v) is 5.84. The van der Waals surface area contributed by atoms with Gasteiger partial charge in [0.05, 0.1) is 22.3 Å². The Labute approximate surface area is 141 Å². The fourth-order valence-electron chi connectivity index (χ4n) is 2.74. The van der Waals surface area contributed by atoms with E-state index in [1.54, 1.807) is 0 Å². The van der Waals surface area contributed by atoms with Crippen molar-refractivity contribution in [3.05, 3.63) is 28.3 Å². The highest BCUT2D eigenvalue weighted by Crippen LogP contribution is 2.30. The predicted octanol–water partition coefficient (Wildman–Crippen LogP) is 2.34. The standard InChI is InChI=1S/C15H20N4O4S/c1-12-4-2-9-18(11-12)24(22,23)13-5-6-14(17-8-3-7-16)15(10-13)19(20)21/h5-6,10,12,17H,2-4,8-9,11H2,1H3/t12-/m1/s1. The Hall–Kier alpha value is -2.18. The van der Waals surface area contributed by atoms with Gasteiger partial charge in [-0.15, -0.1) is 0 Å². The summed E-state index contributed by atoms with van der Waals surface area (Å²) < 4.78 is 26.8. The number of hydrogen-bond donors (Lipinski definition) is 1. The molecule has 130 valence electrons. The largest absolute Gasteiger partial charge is 0.378 e. The van der Waals surface area contributed by atoms with Crippen LogP contribution in [0.15, 0.2) is 23.1 Å². The second-order valence-electron chi connectivity index (χ2n) is 5.88. The van der Waals surface area contributed by atoms with Crippen LogP contribution in [0.3, 0.4) is 0 Å². The van der Waals surface area contributed by atoms with Crippen molar-refractivity contribution in [3.63, 3.8) is 0 Å². The third kappa shape index (κ3) is 4.01. The monoisotopic (exact) mass is 352 g/mol. The zero-order valence-electron chi connectivity index (χ0n) is 13.4. The van der Waals surface area contributed by atoms with Gasteiger partial charge in [0.2, 0.25) is 10.0 Å². The molecule has 1 aromatic rings. The van der Waals surface area contributed by atoms with Gasteiger partial charge < -0.3 is 5.32 Å². The minimum atomic E-state index is -3.74. The van der Waals surface area contributed by atoms with Crippen molar-refractivity contribution in [1.82, 2.24) is 4.31 Å². The van der Waals surface area contributed by atoms with Crippen LogP contribution in [0.25, 0.3) is 0 Å². The Morgan fingerprint density at radius 2 is 2.25 bits per heavy atom. The number of anilines is 1. The summed E-state index contributed by atoms with van der Waals surface area (Å²) in [7, 11) is -3.74. The summed E-state index contributed by atoms with van der Waals surface area (Å²) in [4.78, 5) is 10.6. The first-order valence-electron chi connectivity index (χ1n) is 7.75. The number of nitro benzene ring substituents is 1. The van der Waals surface area contributed by atoms with E-state index in [1.807, 2.05) is 13.0 Å². The molecule has 9 heteroatoms. The molecule has 2 rings (SSSR count). The number of nitriles is 1. The van der Waals surface area contributed by atoms with Gasteiger partial charge in [0.25, 0.3) is 5.69 Å². The molecule has 1 N–H and O–H groups in total. The normalized spacial score (nSPS) is 18.8. The van der Waals surface area contributed by atoms with Crippen LogP contribution in [0, 0.1) is 27.4 Å². The number of sulfonamides is 1. The Balaban J connectivity index is 2.31. The van der Waals surface area contributed by atoms with Crippen molar-refractivity contribution in [2.75, 3.05) is 25.0 Å². The van der Waals surface area contributed by atoms with Crippen LogP contribution >= 0.6 is 0 Å². The molecule has 0 spiro atoms. The van der Waals surface area contributed by atoms with E-state index in [-0.39, 0.29) is 35.2 Å². The van der Waals surface area contributed by atoms with E-state index >= 15 is 0 Å². The lowest BCUT2D eigenvalue weighted by atomic mass is 10.0. The van der Waals surface area contributed by atoms with Crippen LogP contribution in [-0.4, -0.2) is 37.3 Å². The maximum atomic E-state index is 12.7. The van der Waals surface area contributed by atoms with Gasteiger partial charge in [-0.1, -0.05) is 6.92 Å². The minimum absolute atomic E-state index is 0.0749. The van der Waals surface area contributed by atoms with Crippen LogP contribution in [0.5, 0.6) is 0 Å². The first-order chi connectivity index (χ1) is 11.4. The predicted molar refractivity (Wildman–Crippen MR) is 89.0 cm³/mol. The molecule has 0 unspecified atom stereocenters. The summed E-state index contributed by atoms with van der Waals surface area (Å²) in [6, 6.07) is 5.78. The number of piperidine rings is 1. The number of nitrogens with zero attached hydrogens (tertiary/aromatic N) is 3. The van der Waals surface area contributed by atoms with Crippen LogP contribution in [-0.2, 0) is 10.0 Å². The minimum Gasteiger partial charge on any atom is -0.378 e. The molecule has 0 aliphatic carbocycles. The summed E-state index contributed by atoms with van der Waals surface area (Å²) in [6.45, 7) is 3.11. The molecule has 1 aromatic carbocycles. The van der Waals surface area contributed by atoms with Gasteiger partial charge in [-0.25, -0.2) is 8.42 Å². The fraction of sp³-hybridized carbons (Fsp3) is 0.533. The molecular weight excluding hydrogens is 332 g/mol. The molecular formula is C15H20N4O4S. The average molecular weight is 352 g/mol. The van der Waals surface area contributed by atoms with Gasteiger partial charge in [-0.3, -0.25) is 10.1 Å². The zero-order chi connectivity index (χ0) is 17.7. The summed E-state index contributed by atoms with van der Waals surface area (Å²) >= 11 is 0. The van der Waals surface area contributed by atoms with Gasteiger partial charge >= 0.3 is 0 Å². The van der Waals surface area contributed by atoms with Crippen molar-refractivity contribution in [3.8, 4) is 6.07 Å². The maximum absolute atomic E-state index is 12.7. The Kier molecular flexibility index (Phi) is 5.75. The molecule has 0 amide bonds. The lowest BCUT2D eigenvalue weighted by Crippen LogP contribution is -2.39. The quantitative estimate of drug-likeness (QED) is 0.477. The van der Waals surface area contributed by atoms with Gasteiger partial charge in [0.15, 0.2) is 0 Å². The molecule has 0 radical (unpaired) electrons. The van der Waals surface area contributed by atoms with Crippen molar-refractivity contribution in [2.24, 2.45) is 5.92 Å². The lowest BCUT2D eigenvalue weighted by molar-refractivity contribution is -0.384. The van der Waals surface area contributed by atoms with E-state index < -0.39 is 14.9 Å². The average Bonchev–Trinajstić information content (AvgIpc) is 2.55. The highest BCUT2D eigenvalue weighted by Gasteiger charge is 2.30. The Morgan fingerprint density at radius 3 is 2.88 bits per heavy atom. The summed E-state index contributed by atoms with van der Waals surface area (Å²) in [5.74, 6) is 0.274. The van der Waals surface area contributed by atoms with Crippen LogP contribution in [0.1, 0.15) is 26.2 Å². The zero-order valence-corrected chi connectivity index (χ0v) is 14.3. The van der Waals surface area contributed by atoms with Crippen LogP contribution < -0.4 is 5.32 Å². The summed E-state index contributed by atoms with van der Waals surface area (Å²) in [5.41, 5.74) is -0.0970. The molecule has 24 heavy (non-hydrogen) atoms. The third-order valence-electron chi connectivity index (χ3n) is 3.98. The molecule has 1 atom stereocenters. The van der Waals surface area contributed by atoms with Gasteiger partial charge in [-0.05, 0) is 30.9 Å². The maximum Gasteiger partial charge on any atom is 0.293 e. The molecule has 8 nitrogen and oxygen atoms in total. The first kappa shape index (κ1) is 18.2. The SMILES string of the molecule is C[C@@H]1CCCN(S(=O)(=O)c2ccc(NCCC#N)c([N+](=O)[O-])c2)C1. The smallest absolute Gasteiger partial charge is 0.293 e. The van der Waals surface area contributed by atoms with Crippen LogP contribution in [0.2, 0.25) is 0 Å². The summed E-state index contributed by atoms with van der Waals surface area (Å²) in [5, 5.41) is 22.6. The molecule has 1 aliphatic heterocycles. The number of rotatable bonds is 6. The Bertz CT molecular complexity index is 757. The molecule has 1 heterocycles. The molecule has 1 saturated heterocycles. The highest BCUT2D eigenvalue weighted by molar-refractivity contribution is 7.89. The highest BCUT2D eigenvalue weighted by atomic mass is 32.2. The van der Waals surface area contributed by atoms with Crippen molar-refractivity contribution in [2.45, 2.75) is 31.1 Å². The van der Waals surface area contributed by atoms with Gasteiger partial charge in [-0.2, -0.15) is 9.57 Å². The lowest BCUT2D eigenvalue weighted by Gasteiger charge is -2.30. The Morgan fingerprint density at radius 1 is 1.50 bits per heavy atom. The van der Waals surface area contributed by atoms with Crippen molar-refractivity contribution < 1.29 is 13.3 Å². The molecule has 0 aromatic heterocycles. The number of benzene rings is 1. The second kappa shape index (κ2) is 7.59. The molecule has 0 bridgehead atoms. The number of nitrogens with one attached hydrogen (secondary N) is 1. The van der Waals surface area contributed by atoms with E-state index in [1.165, 1.54) is 16.4 Å². The van der Waals surface area contributed by atoms with Crippen LogP contribution in [0.4, 0.5) is 11.4 Å².